The van der Waals surface area contributed by atoms with Crippen molar-refractivity contribution >= 4 is 29.1 Å². The van der Waals surface area contributed by atoms with Crippen molar-refractivity contribution in [3.63, 3.8) is 0 Å². The lowest BCUT2D eigenvalue weighted by atomic mass is 9.99. The molecule has 4 heterocycles. The molecule has 2 aliphatic heterocycles. The third-order valence-corrected chi connectivity index (χ3v) is 7.16. The number of aromatic nitrogens is 3. The smallest absolute Gasteiger partial charge is 0.454 e. The van der Waals surface area contributed by atoms with E-state index in [0.29, 0.717) is 17.0 Å². The van der Waals surface area contributed by atoms with Crippen LogP contribution in [0, 0.1) is 18.2 Å². The van der Waals surface area contributed by atoms with Gasteiger partial charge in [0, 0.05) is 25.7 Å². The minimum atomic E-state index is -5.10. The number of benzene rings is 1. The van der Waals surface area contributed by atoms with Crippen molar-refractivity contribution in [2.75, 3.05) is 24.5 Å². The summed E-state index contributed by atoms with van der Waals surface area (Å²) in [4.78, 5) is 32.0. The molecule has 2 aliphatic rings. The minimum absolute atomic E-state index is 0.0469. The zero-order chi connectivity index (χ0) is 27.9. The molecule has 9 nitrogen and oxygen atoms in total. The Hall–Kier alpha value is -4.03. The summed E-state index contributed by atoms with van der Waals surface area (Å²) in [5, 5.41) is 12.8. The average Bonchev–Trinajstić information content (AvgIpc) is 3.64. The van der Waals surface area contributed by atoms with E-state index in [0.717, 1.165) is 30.5 Å². The molecule has 2 aromatic heterocycles. The van der Waals surface area contributed by atoms with Gasteiger partial charge in [-0.2, -0.15) is 18.3 Å². The molecule has 0 spiro atoms. The number of halogens is 4. The van der Waals surface area contributed by atoms with Crippen molar-refractivity contribution in [1.29, 1.82) is 5.41 Å². The van der Waals surface area contributed by atoms with Crippen molar-refractivity contribution in [2.24, 2.45) is 0 Å². The maximum absolute atomic E-state index is 14.0. The zero-order valence-corrected chi connectivity index (χ0v) is 21.0. The monoisotopic (exact) mass is 546 g/mol. The quantitative estimate of drug-likeness (QED) is 0.285. The van der Waals surface area contributed by atoms with Crippen molar-refractivity contribution in [3.05, 3.63) is 59.2 Å². The number of amides is 1. The van der Waals surface area contributed by atoms with Crippen LogP contribution < -0.4 is 4.90 Å². The van der Waals surface area contributed by atoms with E-state index in [1.165, 1.54) is 21.7 Å². The number of ether oxygens (including phenoxy) is 1. The number of alkyl halides is 3. The number of aryl methyl sites for hydroxylation is 1. The maximum Gasteiger partial charge on any atom is 0.490 e. The summed E-state index contributed by atoms with van der Waals surface area (Å²) in [6.45, 7) is 2.62. The van der Waals surface area contributed by atoms with Crippen molar-refractivity contribution in [3.8, 4) is 0 Å². The van der Waals surface area contributed by atoms with Gasteiger partial charge in [0.2, 0.25) is 5.91 Å². The fraction of sp³-hybridized carbons (Fsp3) is 0.423. The molecular formula is C26H26F4N6O3. The molecule has 206 valence electrons. The summed E-state index contributed by atoms with van der Waals surface area (Å²) in [6.07, 6.45) is -1.48. The highest BCUT2D eigenvalue weighted by Gasteiger charge is 2.43. The van der Waals surface area contributed by atoms with Gasteiger partial charge in [-0.1, -0.05) is 6.07 Å². The predicted molar refractivity (Wildman–Crippen MR) is 132 cm³/mol. The first-order valence-electron chi connectivity index (χ1n) is 12.5. The number of likely N-dealkylation sites (tertiary alicyclic amines) is 1. The fourth-order valence-corrected chi connectivity index (χ4v) is 5.19. The number of anilines is 1. The van der Waals surface area contributed by atoms with Gasteiger partial charge in [0.1, 0.15) is 17.7 Å². The van der Waals surface area contributed by atoms with Gasteiger partial charge >= 0.3 is 12.1 Å². The van der Waals surface area contributed by atoms with Crippen molar-refractivity contribution in [1.82, 2.24) is 19.5 Å². The molecule has 1 amide bonds. The van der Waals surface area contributed by atoms with Crippen LogP contribution in [-0.2, 0) is 14.3 Å². The van der Waals surface area contributed by atoms with Gasteiger partial charge in [-0.3, -0.25) is 4.79 Å². The van der Waals surface area contributed by atoms with E-state index in [2.05, 4.69) is 14.7 Å². The Labute approximate surface area is 220 Å². The highest BCUT2D eigenvalue weighted by molar-refractivity contribution is 6.11. The van der Waals surface area contributed by atoms with Gasteiger partial charge in [-0.05, 0) is 49.1 Å². The zero-order valence-electron chi connectivity index (χ0n) is 21.0. The number of esters is 1. The molecule has 2 saturated heterocycles. The Kier molecular flexibility index (Phi) is 7.00. The highest BCUT2D eigenvalue weighted by atomic mass is 19.4. The fourth-order valence-electron chi connectivity index (χ4n) is 5.19. The van der Waals surface area contributed by atoms with Gasteiger partial charge in [0.05, 0.1) is 36.5 Å². The largest absolute Gasteiger partial charge is 0.490 e. The summed E-state index contributed by atoms with van der Waals surface area (Å²) in [5.74, 6) is -2.41. The number of nitrogens with one attached hydrogen (secondary N) is 1. The van der Waals surface area contributed by atoms with Crippen LogP contribution in [0.3, 0.4) is 0 Å². The second kappa shape index (κ2) is 10.3. The molecule has 0 radical (unpaired) electrons. The first kappa shape index (κ1) is 26.6. The summed E-state index contributed by atoms with van der Waals surface area (Å²) >= 11 is 0. The van der Waals surface area contributed by atoms with E-state index in [1.54, 1.807) is 24.4 Å². The van der Waals surface area contributed by atoms with Crippen LogP contribution in [0.2, 0.25) is 0 Å². The normalized spacial score (nSPS) is 19.6. The van der Waals surface area contributed by atoms with E-state index in [4.69, 9.17) is 10.4 Å². The van der Waals surface area contributed by atoms with E-state index in [-0.39, 0.29) is 43.5 Å². The van der Waals surface area contributed by atoms with Crippen LogP contribution in [-0.4, -0.2) is 69.0 Å². The minimum Gasteiger partial charge on any atom is -0.454 e. The number of carbonyl (C=O) groups excluding carboxylic acids is 2. The van der Waals surface area contributed by atoms with Crippen LogP contribution in [0.15, 0.2) is 36.7 Å². The SMILES string of the molecule is Cc1ccc(F)cc1[C@H]1CCCN1c1ccn2ncc(C(=N)CC(=O)N3CC[C@H](OC(=O)C(F)(F)F)C3)c2n1. The molecule has 5 rings (SSSR count). The Bertz CT molecular complexity index is 1440. The highest BCUT2D eigenvalue weighted by Crippen LogP contribution is 2.37. The molecule has 0 aliphatic carbocycles. The van der Waals surface area contributed by atoms with E-state index in [1.807, 2.05) is 6.92 Å². The first-order chi connectivity index (χ1) is 18.5. The Balaban J connectivity index is 1.30. The van der Waals surface area contributed by atoms with E-state index >= 15 is 0 Å². The predicted octanol–water partition coefficient (Wildman–Crippen LogP) is 3.98. The molecule has 13 heteroatoms. The molecular weight excluding hydrogens is 520 g/mol. The number of nitrogens with zero attached hydrogens (tertiary/aromatic N) is 5. The number of fused-ring (bicyclic) bond motifs is 1. The molecule has 0 bridgehead atoms. The Morgan fingerprint density at radius 3 is 2.74 bits per heavy atom. The van der Waals surface area contributed by atoms with E-state index < -0.39 is 24.2 Å². The van der Waals surface area contributed by atoms with Crippen LogP contribution in [0.25, 0.3) is 5.65 Å². The number of hydrogen-bond donors (Lipinski definition) is 1. The number of carbonyl (C=O) groups is 2. The molecule has 0 saturated carbocycles. The Morgan fingerprint density at radius 2 is 1.97 bits per heavy atom. The van der Waals surface area contributed by atoms with Crippen molar-refractivity contribution < 1.29 is 31.9 Å². The van der Waals surface area contributed by atoms with Crippen LogP contribution in [0.1, 0.15) is 48.4 Å². The summed E-state index contributed by atoms with van der Waals surface area (Å²) in [5.41, 5.74) is 2.56. The molecule has 39 heavy (non-hydrogen) atoms. The molecule has 1 aromatic carbocycles. The van der Waals surface area contributed by atoms with Crippen LogP contribution in [0.4, 0.5) is 23.4 Å². The maximum atomic E-state index is 14.0. The van der Waals surface area contributed by atoms with Gasteiger partial charge in [-0.15, -0.1) is 0 Å². The van der Waals surface area contributed by atoms with Gasteiger partial charge in [-0.25, -0.2) is 18.7 Å². The third-order valence-electron chi connectivity index (χ3n) is 7.16. The average molecular weight is 547 g/mol. The van der Waals surface area contributed by atoms with Gasteiger partial charge in [0.25, 0.3) is 0 Å². The molecule has 2 atom stereocenters. The van der Waals surface area contributed by atoms with Crippen LogP contribution >= 0.6 is 0 Å². The summed E-state index contributed by atoms with van der Waals surface area (Å²) in [7, 11) is 0. The van der Waals surface area contributed by atoms with Gasteiger partial charge in [0.15, 0.2) is 5.65 Å². The van der Waals surface area contributed by atoms with Crippen LogP contribution in [0.5, 0.6) is 0 Å². The molecule has 0 unspecified atom stereocenters. The topological polar surface area (TPSA) is 104 Å². The lowest BCUT2D eigenvalue weighted by Crippen LogP contribution is -2.34. The lowest BCUT2D eigenvalue weighted by Gasteiger charge is -2.27. The third kappa shape index (κ3) is 5.43. The number of hydrogen-bond acceptors (Lipinski definition) is 7. The number of rotatable bonds is 6. The van der Waals surface area contributed by atoms with Gasteiger partial charge < -0.3 is 19.9 Å². The summed E-state index contributed by atoms with van der Waals surface area (Å²) in [6, 6.07) is 6.49. The Morgan fingerprint density at radius 1 is 1.18 bits per heavy atom. The second-order valence-electron chi connectivity index (χ2n) is 9.77. The molecule has 1 N–H and O–H groups in total. The first-order valence-corrected chi connectivity index (χ1v) is 12.5. The van der Waals surface area contributed by atoms with Crippen molar-refractivity contribution in [2.45, 2.75) is 50.9 Å². The standard InChI is InChI=1S/C26H26F4N6O3/c1-15-4-5-16(27)11-18(15)21-3-2-8-35(21)22-7-10-36-24(33-22)19(13-32-36)20(31)12-23(37)34-9-6-17(14-34)39-25(38)26(28,29)30/h4-5,7,10-11,13,17,21,31H,2-3,6,8-9,12,14H2,1H3/t17-,21+/m0/s1. The lowest BCUT2D eigenvalue weighted by molar-refractivity contribution is -0.204. The second-order valence-corrected chi connectivity index (χ2v) is 9.77. The van der Waals surface area contributed by atoms with E-state index in [9.17, 15) is 27.2 Å². The summed E-state index contributed by atoms with van der Waals surface area (Å²) < 4.78 is 57.4. The molecule has 2 fully saturated rings. The molecule has 3 aromatic rings.